The average Bonchev–Trinajstić information content (AvgIpc) is 3.05. The number of nitrogens with two attached hydrogens (primary N) is 1. The normalized spacial score (nSPS) is 16.3. The van der Waals surface area contributed by atoms with Gasteiger partial charge >= 0.3 is 5.69 Å². The molecular weight excluding hydrogens is 377 g/mol. The van der Waals surface area contributed by atoms with Crippen molar-refractivity contribution in [1.29, 1.82) is 0 Å². The van der Waals surface area contributed by atoms with E-state index in [0.29, 0.717) is 6.07 Å². The molecule has 2 rings (SSSR count). The van der Waals surface area contributed by atoms with Crippen LogP contribution in [-0.4, -0.2) is 33.0 Å². The zero-order chi connectivity index (χ0) is 17.9. The van der Waals surface area contributed by atoms with Crippen LogP contribution in [0.3, 0.4) is 0 Å². The Balaban J connectivity index is 0.00000312. The number of hydrogen-bond acceptors (Lipinski definition) is 6. The summed E-state index contributed by atoms with van der Waals surface area (Å²) < 4.78 is 46.0. The second-order valence-electron chi connectivity index (χ2n) is 5.72. The molecule has 3 N–H and O–H groups in total. The van der Waals surface area contributed by atoms with Gasteiger partial charge in [0, 0.05) is 18.7 Å². The minimum atomic E-state index is -4.14. The third-order valence-corrected chi connectivity index (χ3v) is 5.71. The maximum Gasteiger partial charge on any atom is 0.315 e. The van der Waals surface area contributed by atoms with Gasteiger partial charge in [0.25, 0.3) is 0 Å². The van der Waals surface area contributed by atoms with E-state index in [0.717, 1.165) is 38.9 Å². The van der Waals surface area contributed by atoms with Crippen LogP contribution in [0.2, 0.25) is 0 Å². The number of sulfonamides is 1. The molecule has 142 valence electrons. The van der Waals surface area contributed by atoms with Gasteiger partial charge in [-0.3, -0.25) is 10.1 Å². The smallest absolute Gasteiger partial charge is 0.315 e. The first-order valence-corrected chi connectivity index (χ1v) is 9.02. The Morgan fingerprint density at radius 3 is 2.52 bits per heavy atom. The van der Waals surface area contributed by atoms with Gasteiger partial charge in [-0.25, -0.2) is 17.5 Å². The number of rotatable bonds is 7. The Morgan fingerprint density at radius 2 is 2.04 bits per heavy atom. The predicted molar refractivity (Wildman–Crippen MR) is 92.0 cm³/mol. The van der Waals surface area contributed by atoms with Crippen molar-refractivity contribution in [1.82, 2.24) is 4.72 Å². The molecule has 0 radical (unpaired) electrons. The quantitative estimate of drug-likeness (QED) is 0.535. The van der Waals surface area contributed by atoms with Gasteiger partial charge in [-0.1, -0.05) is 12.8 Å². The number of methoxy groups -OCH3 is 1. The van der Waals surface area contributed by atoms with Crippen molar-refractivity contribution in [3.63, 3.8) is 0 Å². The number of nitrogens with one attached hydrogen (secondary N) is 1. The Morgan fingerprint density at radius 1 is 1.44 bits per heavy atom. The van der Waals surface area contributed by atoms with E-state index in [1.165, 1.54) is 0 Å². The van der Waals surface area contributed by atoms with Gasteiger partial charge < -0.3 is 10.5 Å². The van der Waals surface area contributed by atoms with Crippen LogP contribution in [-0.2, 0) is 10.0 Å². The van der Waals surface area contributed by atoms with Crippen molar-refractivity contribution in [2.75, 3.05) is 13.7 Å². The standard InChI is InChI=1S/C14H20FN3O5S.ClH/c1-23-14-11(15)6-10(7-13(14)18(19)20)24(21,22)17-12(8-16)9-4-2-3-5-9;/h6-7,9,12,17H,2-5,8,16H2,1H3;1H. The lowest BCUT2D eigenvalue weighted by Crippen LogP contribution is -2.44. The third-order valence-electron chi connectivity index (χ3n) is 4.24. The lowest BCUT2D eigenvalue weighted by atomic mass is 9.99. The van der Waals surface area contributed by atoms with Gasteiger partial charge in [0.2, 0.25) is 15.8 Å². The summed E-state index contributed by atoms with van der Waals surface area (Å²) in [6.45, 7) is 0.102. The highest BCUT2D eigenvalue weighted by molar-refractivity contribution is 7.89. The topological polar surface area (TPSA) is 125 Å². The lowest BCUT2D eigenvalue weighted by Gasteiger charge is -2.23. The van der Waals surface area contributed by atoms with E-state index < -0.39 is 43.1 Å². The van der Waals surface area contributed by atoms with Crippen molar-refractivity contribution in [3.8, 4) is 5.75 Å². The van der Waals surface area contributed by atoms with Crippen molar-refractivity contribution < 1.29 is 22.5 Å². The molecule has 8 nitrogen and oxygen atoms in total. The first-order chi connectivity index (χ1) is 11.3. The first kappa shape index (κ1) is 21.6. The molecular formula is C14H21ClFN3O5S. The molecule has 0 amide bonds. The summed E-state index contributed by atoms with van der Waals surface area (Å²) in [7, 11) is -3.07. The number of halogens is 2. The van der Waals surface area contributed by atoms with E-state index in [4.69, 9.17) is 5.73 Å². The molecule has 1 aliphatic rings. The molecule has 1 atom stereocenters. The Hall–Kier alpha value is -1.49. The van der Waals surface area contributed by atoms with Gasteiger partial charge in [0.05, 0.1) is 16.9 Å². The fourth-order valence-corrected chi connectivity index (χ4v) is 4.36. The highest BCUT2D eigenvalue weighted by Gasteiger charge is 2.31. The molecule has 25 heavy (non-hydrogen) atoms. The Labute approximate surface area is 151 Å². The lowest BCUT2D eigenvalue weighted by molar-refractivity contribution is -0.386. The Bertz CT molecular complexity index is 725. The van der Waals surface area contributed by atoms with E-state index in [2.05, 4.69) is 9.46 Å². The van der Waals surface area contributed by atoms with Crippen LogP contribution in [0, 0.1) is 21.8 Å². The van der Waals surface area contributed by atoms with Crippen LogP contribution >= 0.6 is 12.4 Å². The summed E-state index contributed by atoms with van der Waals surface area (Å²) in [5, 5.41) is 11.0. The molecule has 1 aliphatic carbocycles. The zero-order valence-electron chi connectivity index (χ0n) is 13.6. The van der Waals surface area contributed by atoms with Gasteiger partial charge in [0.1, 0.15) is 0 Å². The number of ether oxygens (including phenoxy) is 1. The van der Waals surface area contributed by atoms with Crippen LogP contribution < -0.4 is 15.2 Å². The molecule has 1 saturated carbocycles. The number of nitro benzene ring substituents is 1. The number of hydrogen-bond donors (Lipinski definition) is 2. The minimum absolute atomic E-state index is 0. The largest absolute Gasteiger partial charge is 0.488 e. The highest BCUT2D eigenvalue weighted by atomic mass is 35.5. The molecule has 1 fully saturated rings. The van der Waals surface area contributed by atoms with E-state index in [1.54, 1.807) is 0 Å². The van der Waals surface area contributed by atoms with E-state index in [-0.39, 0.29) is 24.9 Å². The summed E-state index contributed by atoms with van der Waals surface area (Å²) in [6, 6.07) is 1.00. The zero-order valence-corrected chi connectivity index (χ0v) is 15.2. The van der Waals surface area contributed by atoms with Crippen molar-refractivity contribution in [2.45, 2.75) is 36.6 Å². The van der Waals surface area contributed by atoms with Crippen LogP contribution in [0.4, 0.5) is 10.1 Å². The fraction of sp³-hybridized carbons (Fsp3) is 0.571. The fourth-order valence-electron chi connectivity index (χ4n) is 3.01. The van der Waals surface area contributed by atoms with Gasteiger partial charge in [-0.2, -0.15) is 0 Å². The summed E-state index contributed by atoms with van der Waals surface area (Å²) in [5.41, 5.74) is 4.92. The number of benzene rings is 1. The SMILES string of the molecule is COc1c(F)cc(S(=O)(=O)NC(CN)C2CCCC2)cc1[N+](=O)[O-].Cl. The van der Waals surface area contributed by atoms with E-state index in [1.807, 2.05) is 0 Å². The maximum absolute atomic E-state index is 14.0. The molecule has 1 aromatic rings. The summed E-state index contributed by atoms with van der Waals surface area (Å²) in [6.07, 6.45) is 3.74. The molecule has 0 aromatic heterocycles. The second-order valence-corrected chi connectivity index (χ2v) is 7.44. The molecule has 1 unspecified atom stereocenters. The molecule has 11 heteroatoms. The number of nitro groups is 1. The molecule has 0 spiro atoms. The summed E-state index contributed by atoms with van der Waals surface area (Å²) in [4.78, 5) is 9.61. The van der Waals surface area contributed by atoms with Crippen LogP contribution in [0.1, 0.15) is 25.7 Å². The second kappa shape index (κ2) is 8.75. The van der Waals surface area contributed by atoms with Crippen LogP contribution in [0.25, 0.3) is 0 Å². The molecule has 1 aromatic carbocycles. The summed E-state index contributed by atoms with van der Waals surface area (Å²) in [5.74, 6) is -1.61. The van der Waals surface area contributed by atoms with Crippen LogP contribution in [0.15, 0.2) is 17.0 Å². The van der Waals surface area contributed by atoms with Gasteiger partial charge in [-0.15, -0.1) is 12.4 Å². The molecule has 0 bridgehead atoms. The molecule has 0 saturated heterocycles. The van der Waals surface area contributed by atoms with Crippen molar-refractivity contribution in [2.24, 2.45) is 11.7 Å². The van der Waals surface area contributed by atoms with E-state index in [9.17, 15) is 22.9 Å². The molecule has 0 aliphatic heterocycles. The van der Waals surface area contributed by atoms with Gasteiger partial charge in [-0.05, 0) is 24.8 Å². The number of nitrogens with zero attached hydrogens (tertiary/aromatic N) is 1. The average molecular weight is 398 g/mol. The third kappa shape index (κ3) is 4.78. The predicted octanol–water partition coefficient (Wildman–Crippen LogP) is 1.96. The van der Waals surface area contributed by atoms with E-state index >= 15 is 0 Å². The highest BCUT2D eigenvalue weighted by Crippen LogP contribution is 2.33. The monoisotopic (exact) mass is 397 g/mol. The van der Waals surface area contributed by atoms with Crippen LogP contribution in [0.5, 0.6) is 5.75 Å². The van der Waals surface area contributed by atoms with Crippen molar-refractivity contribution >= 4 is 28.1 Å². The van der Waals surface area contributed by atoms with Crippen molar-refractivity contribution in [3.05, 3.63) is 28.1 Å². The maximum atomic E-state index is 14.0. The Kier molecular flexibility index (Phi) is 7.54. The van der Waals surface area contributed by atoms with Gasteiger partial charge in [0.15, 0.2) is 5.82 Å². The first-order valence-electron chi connectivity index (χ1n) is 7.54. The molecule has 0 heterocycles. The minimum Gasteiger partial charge on any atom is -0.488 e. The summed E-state index contributed by atoms with van der Waals surface area (Å²) >= 11 is 0.